The Morgan fingerprint density at radius 2 is 1.90 bits per heavy atom. The smallest absolute Gasteiger partial charge is 0.398 e. The molecule has 4 nitrogen and oxygen atoms in total. The van der Waals surface area contributed by atoms with Crippen LogP contribution in [-0.2, 0) is 15.7 Å². The molecule has 0 N–H and O–H groups in total. The van der Waals surface area contributed by atoms with E-state index in [4.69, 9.17) is 14.6 Å². The normalized spacial score (nSPS) is 19.6. The average molecular weight is 270 g/mol. The van der Waals surface area contributed by atoms with Crippen molar-refractivity contribution in [2.45, 2.75) is 45.3 Å². The number of rotatable bonds is 3. The first-order valence-corrected chi connectivity index (χ1v) is 6.67. The van der Waals surface area contributed by atoms with Crippen molar-refractivity contribution >= 4 is 12.7 Å². The van der Waals surface area contributed by atoms with Gasteiger partial charge in [0.25, 0.3) is 0 Å². The van der Waals surface area contributed by atoms with Gasteiger partial charge in [-0.3, -0.25) is 4.98 Å². The van der Waals surface area contributed by atoms with Gasteiger partial charge in [0.15, 0.2) is 0 Å². The Labute approximate surface area is 120 Å². The summed E-state index contributed by atoms with van der Waals surface area (Å²) in [6.45, 7) is 11.7. The fraction of sp³-hybridized carbons (Fsp3) is 0.467. The fourth-order valence-corrected chi connectivity index (χ4v) is 2.01. The predicted octanol–water partition coefficient (Wildman–Crippen LogP) is 1.98. The third-order valence-corrected chi connectivity index (χ3v) is 3.95. The van der Waals surface area contributed by atoms with Crippen molar-refractivity contribution in [1.29, 1.82) is 5.26 Å². The Balaban J connectivity index is 2.34. The summed E-state index contributed by atoms with van der Waals surface area (Å²) in [4.78, 5) is 4.50. The number of pyridine rings is 1. The van der Waals surface area contributed by atoms with Crippen molar-refractivity contribution in [3.8, 4) is 6.07 Å². The summed E-state index contributed by atoms with van der Waals surface area (Å²) < 4.78 is 11.9. The summed E-state index contributed by atoms with van der Waals surface area (Å²) >= 11 is 0. The van der Waals surface area contributed by atoms with Crippen LogP contribution in [0.15, 0.2) is 24.8 Å². The van der Waals surface area contributed by atoms with Crippen molar-refractivity contribution in [3.63, 3.8) is 0 Å². The predicted molar refractivity (Wildman–Crippen MR) is 78.6 cm³/mol. The van der Waals surface area contributed by atoms with E-state index in [-0.39, 0.29) is 0 Å². The van der Waals surface area contributed by atoms with Crippen molar-refractivity contribution in [1.82, 2.24) is 4.98 Å². The second-order valence-corrected chi connectivity index (χ2v) is 5.92. The van der Waals surface area contributed by atoms with Crippen LogP contribution in [0.4, 0.5) is 0 Å². The van der Waals surface area contributed by atoms with E-state index in [0.717, 1.165) is 0 Å². The molecule has 1 saturated heterocycles. The number of hydrogen-bond donors (Lipinski definition) is 0. The lowest BCUT2D eigenvalue weighted by Gasteiger charge is -2.32. The van der Waals surface area contributed by atoms with Crippen LogP contribution in [0.2, 0.25) is 0 Å². The van der Waals surface area contributed by atoms with E-state index in [1.165, 1.54) is 0 Å². The number of allylic oxidation sites excluding steroid dienone is 1. The van der Waals surface area contributed by atoms with Gasteiger partial charge < -0.3 is 9.31 Å². The third kappa shape index (κ3) is 2.49. The van der Waals surface area contributed by atoms with E-state index in [1.807, 2.05) is 27.7 Å². The van der Waals surface area contributed by atoms with E-state index < -0.39 is 18.3 Å². The third-order valence-electron chi connectivity index (χ3n) is 3.95. The largest absolute Gasteiger partial charge is 0.514 e. The van der Waals surface area contributed by atoms with E-state index in [1.54, 1.807) is 18.2 Å². The lowest BCUT2D eigenvalue weighted by Crippen LogP contribution is -2.41. The van der Waals surface area contributed by atoms with Crippen molar-refractivity contribution in [3.05, 3.63) is 36.0 Å². The van der Waals surface area contributed by atoms with Crippen LogP contribution in [0.5, 0.6) is 0 Å². The van der Waals surface area contributed by atoms with Crippen LogP contribution in [0.25, 0.3) is 0 Å². The zero-order valence-corrected chi connectivity index (χ0v) is 12.4. The Bertz CT molecular complexity index is 560. The fourth-order valence-electron chi connectivity index (χ4n) is 2.01. The van der Waals surface area contributed by atoms with Crippen LogP contribution < -0.4 is 5.59 Å². The maximum atomic E-state index is 9.08. The van der Waals surface area contributed by atoms with E-state index in [9.17, 15) is 0 Å². The molecule has 0 aromatic carbocycles. The number of aromatic nitrogens is 1. The number of nitriles is 1. The van der Waals surface area contributed by atoms with Gasteiger partial charge in [-0.15, -0.1) is 6.58 Å². The lowest BCUT2D eigenvalue weighted by molar-refractivity contribution is 0.00578. The molecule has 1 fully saturated rings. The van der Waals surface area contributed by atoms with E-state index in [0.29, 0.717) is 23.3 Å². The molecule has 1 aliphatic rings. The summed E-state index contributed by atoms with van der Waals surface area (Å²) in [5.41, 5.74) is 1.16. The minimum atomic E-state index is -0.503. The average Bonchev–Trinajstić information content (AvgIpc) is 2.59. The first kappa shape index (κ1) is 14.8. The Morgan fingerprint density at radius 3 is 2.40 bits per heavy atom. The van der Waals surface area contributed by atoms with Gasteiger partial charge in [0, 0.05) is 6.42 Å². The van der Waals surface area contributed by atoms with Crippen LogP contribution in [0, 0.1) is 11.3 Å². The van der Waals surface area contributed by atoms with Gasteiger partial charge in [0.1, 0.15) is 6.07 Å². The summed E-state index contributed by atoms with van der Waals surface area (Å²) in [5, 5.41) is 9.08. The molecule has 0 saturated carbocycles. The Hall–Kier alpha value is -1.64. The highest BCUT2D eigenvalue weighted by Gasteiger charge is 2.52. The zero-order valence-electron chi connectivity index (χ0n) is 12.4. The molecular formula is C15H19BN2O2. The van der Waals surface area contributed by atoms with Crippen molar-refractivity contribution < 1.29 is 9.31 Å². The van der Waals surface area contributed by atoms with Crippen molar-refractivity contribution in [2.75, 3.05) is 0 Å². The second kappa shape index (κ2) is 5.04. The highest BCUT2D eigenvalue weighted by atomic mass is 16.7. The van der Waals surface area contributed by atoms with Crippen molar-refractivity contribution in [2.24, 2.45) is 0 Å². The maximum absolute atomic E-state index is 9.08. The van der Waals surface area contributed by atoms with Gasteiger partial charge in [-0.05, 0) is 39.8 Å². The zero-order chi connectivity index (χ0) is 15.0. The minimum absolute atomic E-state index is 0.397. The molecule has 0 radical (unpaired) electrons. The van der Waals surface area contributed by atoms with Gasteiger partial charge in [-0.1, -0.05) is 6.08 Å². The molecule has 5 heteroatoms. The van der Waals surface area contributed by atoms with E-state index >= 15 is 0 Å². The molecule has 0 atom stereocenters. The minimum Gasteiger partial charge on any atom is -0.398 e. The highest BCUT2D eigenvalue weighted by molar-refractivity contribution is 6.61. The number of hydrogen-bond acceptors (Lipinski definition) is 4. The van der Waals surface area contributed by atoms with Crippen LogP contribution >= 0.6 is 0 Å². The monoisotopic (exact) mass is 270 g/mol. The molecule has 0 amide bonds. The molecule has 1 aliphatic heterocycles. The van der Waals surface area contributed by atoms with Gasteiger partial charge >= 0.3 is 7.12 Å². The molecule has 0 unspecified atom stereocenters. The molecular weight excluding hydrogens is 251 g/mol. The van der Waals surface area contributed by atoms with Crippen LogP contribution in [-0.4, -0.2) is 23.3 Å². The molecule has 0 spiro atoms. The highest BCUT2D eigenvalue weighted by Crippen LogP contribution is 2.36. The Morgan fingerprint density at radius 1 is 1.30 bits per heavy atom. The summed E-state index contributed by atoms with van der Waals surface area (Å²) in [7, 11) is -0.503. The molecule has 2 rings (SSSR count). The molecule has 104 valence electrons. The van der Waals surface area contributed by atoms with Gasteiger partial charge in [-0.25, -0.2) is 0 Å². The van der Waals surface area contributed by atoms with Gasteiger partial charge in [-0.2, -0.15) is 5.26 Å². The van der Waals surface area contributed by atoms with E-state index in [2.05, 4.69) is 17.6 Å². The summed E-state index contributed by atoms with van der Waals surface area (Å²) in [5.74, 6) is 0. The second-order valence-electron chi connectivity index (χ2n) is 5.92. The topological polar surface area (TPSA) is 55.1 Å². The SMILES string of the molecule is C=CCc1nc(B2OC(C)(C)C(C)(C)O2)ccc1C#N. The Kier molecular flexibility index (Phi) is 3.72. The number of nitrogens with zero attached hydrogens (tertiary/aromatic N) is 2. The van der Waals surface area contributed by atoms with Gasteiger partial charge in [0.05, 0.1) is 28.1 Å². The summed E-state index contributed by atoms with van der Waals surface area (Å²) in [6.07, 6.45) is 2.29. The first-order chi connectivity index (χ1) is 9.30. The quantitative estimate of drug-likeness (QED) is 0.622. The molecule has 1 aromatic rings. The van der Waals surface area contributed by atoms with Gasteiger partial charge in [0.2, 0.25) is 0 Å². The maximum Gasteiger partial charge on any atom is 0.514 e. The van der Waals surface area contributed by atoms with Crippen LogP contribution in [0.3, 0.4) is 0 Å². The molecule has 20 heavy (non-hydrogen) atoms. The molecule has 0 bridgehead atoms. The lowest BCUT2D eigenvalue weighted by atomic mass is 9.83. The first-order valence-electron chi connectivity index (χ1n) is 6.67. The molecule has 0 aliphatic carbocycles. The summed E-state index contributed by atoms with van der Waals surface area (Å²) in [6, 6.07) is 5.68. The molecule has 2 heterocycles. The van der Waals surface area contributed by atoms with Crippen LogP contribution in [0.1, 0.15) is 39.0 Å². The standard InChI is InChI=1S/C15H19BN2O2/c1-6-7-12-11(10-17)8-9-13(18-12)16-19-14(2,3)15(4,5)20-16/h6,8-9H,1,7H2,2-5H3. The molecule has 1 aromatic heterocycles.